The topological polar surface area (TPSA) is 50.7 Å². The summed E-state index contributed by atoms with van der Waals surface area (Å²) in [5.74, 6) is -0.370. The van der Waals surface area contributed by atoms with Crippen molar-refractivity contribution in [2.24, 2.45) is 0 Å². The SMILES string of the molecule is CC(C)OC1CCCC(Cc2ccc(OC(F)(F)F)cc2)(NCC(O)C(F)(F)F)C1. The van der Waals surface area contributed by atoms with Gasteiger partial charge in [-0.15, -0.1) is 13.2 Å². The molecular formula is C20H27F6NO3. The number of nitrogens with one attached hydrogen (secondary N) is 1. The molecule has 4 nitrogen and oxygen atoms in total. The van der Waals surface area contributed by atoms with E-state index in [-0.39, 0.29) is 24.4 Å². The van der Waals surface area contributed by atoms with E-state index >= 15 is 0 Å². The quantitative estimate of drug-likeness (QED) is 0.570. The first kappa shape index (κ1) is 24.7. The number of benzene rings is 1. The average Bonchev–Trinajstić information content (AvgIpc) is 2.59. The second-order valence-corrected chi connectivity index (χ2v) is 7.99. The van der Waals surface area contributed by atoms with Gasteiger partial charge in [0.1, 0.15) is 5.75 Å². The van der Waals surface area contributed by atoms with Gasteiger partial charge in [0.15, 0.2) is 6.10 Å². The summed E-state index contributed by atoms with van der Waals surface area (Å²) in [6.07, 6.45) is -9.54. The van der Waals surface area contributed by atoms with Gasteiger partial charge in [0.2, 0.25) is 0 Å². The molecule has 2 rings (SSSR count). The van der Waals surface area contributed by atoms with Crippen LogP contribution in [0.25, 0.3) is 0 Å². The highest BCUT2D eigenvalue weighted by Crippen LogP contribution is 2.35. The predicted octanol–water partition coefficient (Wildman–Crippen LogP) is 4.75. The maximum absolute atomic E-state index is 12.8. The summed E-state index contributed by atoms with van der Waals surface area (Å²) in [7, 11) is 0. The highest BCUT2D eigenvalue weighted by molar-refractivity contribution is 5.29. The van der Waals surface area contributed by atoms with Crippen LogP contribution in [-0.4, -0.2) is 48.0 Å². The van der Waals surface area contributed by atoms with Crippen molar-refractivity contribution < 1.29 is 40.9 Å². The second kappa shape index (κ2) is 9.74. The maximum Gasteiger partial charge on any atom is 0.573 e. The first-order valence-corrected chi connectivity index (χ1v) is 9.78. The van der Waals surface area contributed by atoms with Crippen LogP contribution in [0.4, 0.5) is 26.3 Å². The normalized spacial score (nSPS) is 24.1. The van der Waals surface area contributed by atoms with Gasteiger partial charge in [-0.05, 0) is 63.6 Å². The van der Waals surface area contributed by atoms with Gasteiger partial charge < -0.3 is 19.9 Å². The third-order valence-electron chi connectivity index (χ3n) is 5.01. The number of alkyl halides is 6. The summed E-state index contributed by atoms with van der Waals surface area (Å²) in [5, 5.41) is 12.3. The highest BCUT2D eigenvalue weighted by Gasteiger charge is 2.42. The molecule has 0 saturated heterocycles. The van der Waals surface area contributed by atoms with E-state index in [1.54, 1.807) is 0 Å². The van der Waals surface area contributed by atoms with E-state index in [0.717, 1.165) is 6.42 Å². The smallest absolute Gasteiger partial charge is 0.406 e. The summed E-state index contributed by atoms with van der Waals surface area (Å²) < 4.78 is 85.0. The molecule has 1 aliphatic rings. The molecule has 0 bridgehead atoms. The van der Waals surface area contributed by atoms with Crippen molar-refractivity contribution in [1.82, 2.24) is 5.32 Å². The first-order chi connectivity index (χ1) is 13.8. The fraction of sp³-hybridized carbons (Fsp3) is 0.700. The van der Waals surface area contributed by atoms with Crippen LogP contribution in [0.2, 0.25) is 0 Å². The van der Waals surface area contributed by atoms with Gasteiger partial charge in [-0.3, -0.25) is 0 Å². The van der Waals surface area contributed by atoms with Gasteiger partial charge in [0.25, 0.3) is 0 Å². The zero-order chi connectivity index (χ0) is 22.6. The number of halogens is 6. The maximum atomic E-state index is 12.8. The molecule has 1 aliphatic carbocycles. The van der Waals surface area contributed by atoms with Gasteiger partial charge in [-0.1, -0.05) is 12.1 Å². The number of aliphatic hydroxyl groups excluding tert-OH is 1. The van der Waals surface area contributed by atoms with Crippen LogP contribution in [0.3, 0.4) is 0 Å². The van der Waals surface area contributed by atoms with Crippen molar-refractivity contribution in [3.63, 3.8) is 0 Å². The third-order valence-corrected chi connectivity index (χ3v) is 5.01. The number of hydrogen-bond acceptors (Lipinski definition) is 4. The van der Waals surface area contributed by atoms with E-state index in [2.05, 4.69) is 10.1 Å². The van der Waals surface area contributed by atoms with Gasteiger partial charge in [-0.25, -0.2) is 0 Å². The van der Waals surface area contributed by atoms with Gasteiger partial charge >= 0.3 is 12.5 Å². The van der Waals surface area contributed by atoms with Gasteiger partial charge in [-0.2, -0.15) is 13.2 Å². The number of β-amino-alcohol motifs (C(OH)–C–C–N with tert-alkyl or cyclic N) is 1. The molecule has 3 unspecified atom stereocenters. The minimum absolute atomic E-state index is 0.0506. The molecule has 0 spiro atoms. The van der Waals surface area contributed by atoms with Gasteiger partial charge in [0, 0.05) is 12.1 Å². The lowest BCUT2D eigenvalue weighted by Crippen LogP contribution is -2.55. The van der Waals surface area contributed by atoms with Crippen molar-refractivity contribution in [2.45, 2.75) is 82.3 Å². The molecule has 2 N–H and O–H groups in total. The molecular weight excluding hydrogens is 416 g/mol. The second-order valence-electron chi connectivity index (χ2n) is 7.99. The molecule has 0 radical (unpaired) electrons. The summed E-state index contributed by atoms with van der Waals surface area (Å²) >= 11 is 0. The predicted molar refractivity (Wildman–Crippen MR) is 98.1 cm³/mol. The van der Waals surface area contributed by atoms with E-state index in [9.17, 15) is 31.4 Å². The number of ether oxygens (including phenoxy) is 2. The summed E-state index contributed by atoms with van der Waals surface area (Å²) in [4.78, 5) is 0. The van der Waals surface area contributed by atoms with E-state index in [0.29, 0.717) is 24.8 Å². The third kappa shape index (κ3) is 7.96. The van der Waals surface area contributed by atoms with Crippen LogP contribution in [-0.2, 0) is 11.2 Å². The Morgan fingerprint density at radius 1 is 1.13 bits per heavy atom. The number of aliphatic hydroxyl groups is 1. The van der Waals surface area contributed by atoms with Crippen molar-refractivity contribution in [3.05, 3.63) is 29.8 Å². The molecule has 0 aromatic heterocycles. The van der Waals surface area contributed by atoms with Crippen LogP contribution in [0, 0.1) is 0 Å². The molecule has 1 aromatic carbocycles. The van der Waals surface area contributed by atoms with E-state index in [4.69, 9.17) is 4.74 Å². The molecule has 3 atom stereocenters. The molecule has 0 amide bonds. The van der Waals surface area contributed by atoms with Crippen LogP contribution in [0.5, 0.6) is 5.75 Å². The molecule has 0 aliphatic heterocycles. The zero-order valence-electron chi connectivity index (χ0n) is 16.8. The fourth-order valence-electron chi connectivity index (χ4n) is 3.82. The fourth-order valence-corrected chi connectivity index (χ4v) is 3.82. The zero-order valence-corrected chi connectivity index (χ0v) is 16.8. The Balaban J connectivity index is 2.16. The Hall–Kier alpha value is -1.52. The van der Waals surface area contributed by atoms with Crippen molar-refractivity contribution in [3.8, 4) is 5.75 Å². The molecule has 30 heavy (non-hydrogen) atoms. The number of rotatable bonds is 8. The lowest BCUT2D eigenvalue weighted by molar-refractivity contribution is -0.274. The van der Waals surface area contributed by atoms with E-state index in [1.165, 1.54) is 24.3 Å². The Morgan fingerprint density at radius 3 is 2.30 bits per heavy atom. The standard InChI is InChI=1S/C20H27F6NO3/c1-13(2)29-16-4-3-9-18(11-16,27-12-17(28)19(21,22)23)10-14-5-7-15(8-6-14)30-20(24,25)26/h5-8,13,16-17,27-28H,3-4,9-12H2,1-2H3. The molecule has 1 saturated carbocycles. The molecule has 1 fully saturated rings. The minimum atomic E-state index is -4.80. The molecule has 0 heterocycles. The van der Waals surface area contributed by atoms with Crippen molar-refractivity contribution in [2.75, 3.05) is 6.54 Å². The molecule has 172 valence electrons. The average molecular weight is 443 g/mol. The Bertz CT molecular complexity index is 662. The van der Waals surface area contributed by atoms with Gasteiger partial charge in [0.05, 0.1) is 12.2 Å². The molecule has 10 heteroatoms. The van der Waals surface area contributed by atoms with E-state index < -0.39 is 30.7 Å². The van der Waals surface area contributed by atoms with Crippen molar-refractivity contribution in [1.29, 1.82) is 0 Å². The van der Waals surface area contributed by atoms with Crippen LogP contribution in [0.1, 0.15) is 45.1 Å². The Kier molecular flexibility index (Phi) is 8.03. The monoisotopic (exact) mass is 443 g/mol. The summed E-state index contributed by atoms with van der Waals surface area (Å²) in [6.45, 7) is 3.07. The van der Waals surface area contributed by atoms with Crippen molar-refractivity contribution >= 4 is 0 Å². The Labute approximate surface area is 171 Å². The van der Waals surface area contributed by atoms with Crippen LogP contribution in [0.15, 0.2) is 24.3 Å². The van der Waals surface area contributed by atoms with Crippen LogP contribution < -0.4 is 10.1 Å². The lowest BCUT2D eigenvalue weighted by Gasteiger charge is -2.43. The highest BCUT2D eigenvalue weighted by atomic mass is 19.4. The minimum Gasteiger partial charge on any atom is -0.406 e. The van der Waals surface area contributed by atoms with Crippen LogP contribution >= 0.6 is 0 Å². The summed E-state index contributed by atoms with van der Waals surface area (Å²) in [5.41, 5.74) is -0.139. The van der Waals surface area contributed by atoms with E-state index in [1.807, 2.05) is 13.8 Å². The largest absolute Gasteiger partial charge is 0.573 e. The summed E-state index contributed by atoms with van der Waals surface area (Å²) in [6, 6.07) is 5.26. The Morgan fingerprint density at radius 2 is 1.77 bits per heavy atom. The first-order valence-electron chi connectivity index (χ1n) is 9.78. The lowest BCUT2D eigenvalue weighted by atomic mass is 9.76. The molecule has 1 aromatic rings. The number of hydrogen-bond donors (Lipinski definition) is 2.